The molecule has 0 spiro atoms. The maximum Gasteiger partial charge on any atom is 0.220 e. The highest BCUT2D eigenvalue weighted by Crippen LogP contribution is 2.16. The zero-order valence-electron chi connectivity index (χ0n) is 13.6. The van der Waals surface area contributed by atoms with Crippen LogP contribution in [-0.2, 0) is 29.2 Å². The average molecular weight is 340 g/mol. The molecule has 0 unspecified atom stereocenters. The second-order valence-corrected chi connectivity index (χ2v) is 5.78. The molecule has 2 amide bonds. The first-order valence-corrected chi connectivity index (χ1v) is 7.97. The summed E-state index contributed by atoms with van der Waals surface area (Å²) in [5.41, 5.74) is 3.85. The van der Waals surface area contributed by atoms with Crippen molar-refractivity contribution in [2.45, 2.75) is 52.2 Å². The first kappa shape index (κ1) is 19.5. The van der Waals surface area contributed by atoms with Crippen LogP contribution in [0.25, 0.3) is 0 Å². The van der Waals surface area contributed by atoms with Gasteiger partial charge in [-0.15, -0.1) is 12.4 Å². The Labute approximate surface area is 144 Å². The Morgan fingerprint density at radius 1 is 1.09 bits per heavy atom. The minimum absolute atomic E-state index is 0. The number of unbranched alkanes of at least 4 members (excludes halogenated alkanes) is 2. The SMILES string of the molecule is CC(=O)NCCCCCC(=O)NCc1ccc2c(c1)CNC2.Cl. The quantitative estimate of drug-likeness (QED) is 0.635. The van der Waals surface area contributed by atoms with Crippen LogP contribution >= 0.6 is 12.4 Å². The number of amides is 2. The van der Waals surface area contributed by atoms with Crippen LogP contribution in [0.5, 0.6) is 0 Å². The van der Waals surface area contributed by atoms with Gasteiger partial charge in [-0.2, -0.15) is 0 Å². The highest BCUT2D eigenvalue weighted by atomic mass is 35.5. The number of hydrogen-bond donors (Lipinski definition) is 3. The molecule has 6 heteroatoms. The van der Waals surface area contributed by atoms with Crippen molar-refractivity contribution < 1.29 is 9.59 Å². The van der Waals surface area contributed by atoms with Crippen molar-refractivity contribution in [2.24, 2.45) is 0 Å². The van der Waals surface area contributed by atoms with Crippen LogP contribution < -0.4 is 16.0 Å². The number of nitrogens with one attached hydrogen (secondary N) is 3. The van der Waals surface area contributed by atoms with Crippen LogP contribution in [0.2, 0.25) is 0 Å². The van der Waals surface area contributed by atoms with Crippen LogP contribution in [0.3, 0.4) is 0 Å². The summed E-state index contributed by atoms with van der Waals surface area (Å²) in [6.07, 6.45) is 3.29. The predicted molar refractivity (Wildman–Crippen MR) is 93.2 cm³/mol. The zero-order chi connectivity index (χ0) is 15.8. The highest BCUT2D eigenvalue weighted by Gasteiger charge is 2.10. The minimum atomic E-state index is 0. The molecule has 5 nitrogen and oxygen atoms in total. The molecule has 1 aromatic carbocycles. The molecule has 0 bridgehead atoms. The van der Waals surface area contributed by atoms with Crippen molar-refractivity contribution >= 4 is 24.2 Å². The van der Waals surface area contributed by atoms with Gasteiger partial charge in [0.2, 0.25) is 11.8 Å². The standard InChI is InChI=1S/C17H25N3O2.ClH/c1-13(21)19-8-4-2-3-5-17(22)20-10-14-6-7-15-11-18-12-16(15)9-14;/h6-7,9,18H,2-5,8,10-12H2,1H3,(H,19,21)(H,20,22);1H. The smallest absolute Gasteiger partial charge is 0.220 e. The van der Waals surface area contributed by atoms with Gasteiger partial charge in [0.1, 0.15) is 0 Å². The summed E-state index contributed by atoms with van der Waals surface area (Å²) >= 11 is 0. The number of rotatable bonds is 8. The summed E-state index contributed by atoms with van der Waals surface area (Å²) < 4.78 is 0. The Hall–Kier alpha value is -1.59. The van der Waals surface area contributed by atoms with Gasteiger partial charge in [0, 0.05) is 39.5 Å². The summed E-state index contributed by atoms with van der Waals surface area (Å²) in [5.74, 6) is 0.0976. The second kappa shape index (κ2) is 10.2. The van der Waals surface area contributed by atoms with Gasteiger partial charge in [-0.1, -0.05) is 24.6 Å². The van der Waals surface area contributed by atoms with Gasteiger partial charge in [0.25, 0.3) is 0 Å². The maximum atomic E-state index is 11.8. The largest absolute Gasteiger partial charge is 0.356 e. The molecule has 0 saturated heterocycles. The van der Waals surface area contributed by atoms with E-state index in [-0.39, 0.29) is 24.2 Å². The van der Waals surface area contributed by atoms with Gasteiger partial charge in [-0.05, 0) is 29.5 Å². The van der Waals surface area contributed by atoms with E-state index in [2.05, 4.69) is 34.1 Å². The molecule has 1 heterocycles. The van der Waals surface area contributed by atoms with E-state index in [1.165, 1.54) is 18.1 Å². The van der Waals surface area contributed by atoms with Gasteiger partial charge in [0.05, 0.1) is 0 Å². The molecule has 2 rings (SSSR count). The number of halogens is 1. The van der Waals surface area contributed by atoms with E-state index < -0.39 is 0 Å². The monoisotopic (exact) mass is 339 g/mol. The van der Waals surface area contributed by atoms with Crippen LogP contribution in [0.15, 0.2) is 18.2 Å². The molecule has 1 aromatic rings. The summed E-state index contributed by atoms with van der Waals surface area (Å²) in [6, 6.07) is 6.39. The molecule has 0 aliphatic carbocycles. The lowest BCUT2D eigenvalue weighted by atomic mass is 10.1. The lowest BCUT2D eigenvalue weighted by Crippen LogP contribution is -2.23. The van der Waals surface area contributed by atoms with Crippen molar-refractivity contribution in [3.63, 3.8) is 0 Å². The molecule has 0 atom stereocenters. The third kappa shape index (κ3) is 7.01. The van der Waals surface area contributed by atoms with E-state index in [0.717, 1.165) is 37.9 Å². The fourth-order valence-corrected chi connectivity index (χ4v) is 2.60. The second-order valence-electron chi connectivity index (χ2n) is 5.78. The number of benzene rings is 1. The molecule has 0 fully saturated rings. The summed E-state index contributed by atoms with van der Waals surface area (Å²) in [4.78, 5) is 22.5. The third-order valence-corrected chi connectivity index (χ3v) is 3.85. The zero-order valence-corrected chi connectivity index (χ0v) is 14.4. The van der Waals surface area contributed by atoms with Gasteiger partial charge in [-0.25, -0.2) is 0 Å². The Morgan fingerprint density at radius 3 is 2.65 bits per heavy atom. The Kier molecular flexibility index (Phi) is 8.66. The first-order valence-electron chi connectivity index (χ1n) is 7.97. The molecule has 128 valence electrons. The van der Waals surface area contributed by atoms with Gasteiger partial charge in [-0.3, -0.25) is 9.59 Å². The summed E-state index contributed by atoms with van der Waals surface area (Å²) in [7, 11) is 0. The average Bonchev–Trinajstić information content (AvgIpc) is 2.96. The van der Waals surface area contributed by atoms with Crippen LogP contribution in [0.4, 0.5) is 0 Å². The highest BCUT2D eigenvalue weighted by molar-refractivity contribution is 5.85. The van der Waals surface area contributed by atoms with Crippen LogP contribution in [0, 0.1) is 0 Å². The van der Waals surface area contributed by atoms with Gasteiger partial charge < -0.3 is 16.0 Å². The van der Waals surface area contributed by atoms with E-state index in [4.69, 9.17) is 0 Å². The van der Waals surface area contributed by atoms with Crippen molar-refractivity contribution in [2.75, 3.05) is 6.54 Å². The van der Waals surface area contributed by atoms with E-state index >= 15 is 0 Å². The number of carbonyl (C=O) groups is 2. The van der Waals surface area contributed by atoms with Gasteiger partial charge in [0.15, 0.2) is 0 Å². The fraction of sp³-hybridized carbons (Fsp3) is 0.529. The van der Waals surface area contributed by atoms with Crippen molar-refractivity contribution in [1.29, 1.82) is 0 Å². The van der Waals surface area contributed by atoms with Crippen molar-refractivity contribution in [1.82, 2.24) is 16.0 Å². The van der Waals surface area contributed by atoms with Gasteiger partial charge >= 0.3 is 0 Å². The Balaban J connectivity index is 0.00000264. The number of carbonyl (C=O) groups excluding carboxylic acids is 2. The lowest BCUT2D eigenvalue weighted by Gasteiger charge is -2.07. The summed E-state index contributed by atoms with van der Waals surface area (Å²) in [5, 5.41) is 9.04. The van der Waals surface area contributed by atoms with E-state index in [9.17, 15) is 9.59 Å². The Bertz CT molecular complexity index is 535. The minimum Gasteiger partial charge on any atom is -0.356 e. The maximum absolute atomic E-state index is 11.8. The summed E-state index contributed by atoms with van der Waals surface area (Å²) in [6.45, 7) is 4.67. The molecular formula is C17H26ClN3O2. The molecule has 1 aliphatic rings. The molecule has 0 radical (unpaired) electrons. The molecule has 3 N–H and O–H groups in total. The molecule has 0 aromatic heterocycles. The fourth-order valence-electron chi connectivity index (χ4n) is 2.60. The van der Waals surface area contributed by atoms with Crippen LogP contribution in [0.1, 0.15) is 49.3 Å². The first-order chi connectivity index (χ1) is 10.6. The lowest BCUT2D eigenvalue weighted by molar-refractivity contribution is -0.121. The number of fused-ring (bicyclic) bond motifs is 1. The Morgan fingerprint density at radius 2 is 1.87 bits per heavy atom. The molecule has 1 aliphatic heterocycles. The van der Waals surface area contributed by atoms with Crippen LogP contribution in [-0.4, -0.2) is 18.4 Å². The molecular weight excluding hydrogens is 314 g/mol. The van der Waals surface area contributed by atoms with Crippen molar-refractivity contribution in [3.05, 3.63) is 34.9 Å². The third-order valence-electron chi connectivity index (χ3n) is 3.85. The van der Waals surface area contributed by atoms with Crippen molar-refractivity contribution in [3.8, 4) is 0 Å². The topological polar surface area (TPSA) is 70.2 Å². The van der Waals surface area contributed by atoms with E-state index in [1.54, 1.807) is 0 Å². The normalized spacial score (nSPS) is 12.2. The molecule has 0 saturated carbocycles. The number of hydrogen-bond acceptors (Lipinski definition) is 3. The van der Waals surface area contributed by atoms with E-state index in [1.807, 2.05) is 0 Å². The molecule has 23 heavy (non-hydrogen) atoms. The predicted octanol–water partition coefficient (Wildman–Crippen LogP) is 2.02. The van der Waals surface area contributed by atoms with E-state index in [0.29, 0.717) is 19.5 Å².